The normalized spacial score (nSPS) is 18.3. The van der Waals surface area contributed by atoms with Crippen molar-refractivity contribution in [1.29, 1.82) is 0 Å². The van der Waals surface area contributed by atoms with Crippen LogP contribution >= 0.6 is 15.9 Å². The predicted molar refractivity (Wildman–Crippen MR) is 127 cm³/mol. The van der Waals surface area contributed by atoms with Gasteiger partial charge in [0.1, 0.15) is 5.76 Å². The number of hydrogen-bond donors (Lipinski definition) is 1. The van der Waals surface area contributed by atoms with E-state index in [-0.39, 0.29) is 28.3 Å². The summed E-state index contributed by atoms with van der Waals surface area (Å²) < 4.78 is 31.6. The number of nitrogens with zero attached hydrogens (tertiary/aromatic N) is 2. The number of methoxy groups -OCH3 is 1. The number of likely N-dealkylation sites (tertiary alicyclic amines) is 1. The molecule has 8 nitrogen and oxygen atoms in total. The van der Waals surface area contributed by atoms with E-state index in [0.29, 0.717) is 18.6 Å². The number of aliphatic hydroxyl groups excluding tert-OH is 1. The Labute approximate surface area is 201 Å². The van der Waals surface area contributed by atoms with E-state index in [9.17, 15) is 23.1 Å². The Morgan fingerprint density at radius 3 is 2.39 bits per heavy atom. The van der Waals surface area contributed by atoms with Gasteiger partial charge in [0.15, 0.2) is 0 Å². The van der Waals surface area contributed by atoms with Crippen LogP contribution in [0.5, 0.6) is 0 Å². The molecule has 0 saturated carbocycles. The molecule has 10 heteroatoms. The summed E-state index contributed by atoms with van der Waals surface area (Å²) in [5.74, 6) is -1.86. The zero-order valence-electron chi connectivity index (χ0n) is 18.5. The summed E-state index contributed by atoms with van der Waals surface area (Å²) in [5.41, 5.74) is 0.857. The lowest BCUT2D eigenvalue weighted by Crippen LogP contribution is -2.31. The number of aliphatic hydroxyl groups is 1. The number of rotatable bonds is 8. The molecule has 0 aliphatic carbocycles. The molecule has 1 aliphatic heterocycles. The second-order valence-electron chi connectivity index (χ2n) is 7.71. The van der Waals surface area contributed by atoms with Crippen molar-refractivity contribution < 1.29 is 27.9 Å². The average Bonchev–Trinajstić information content (AvgIpc) is 3.03. The van der Waals surface area contributed by atoms with Crippen molar-refractivity contribution in [1.82, 2.24) is 9.21 Å². The number of hydrogen-bond acceptors (Lipinski definition) is 6. The van der Waals surface area contributed by atoms with Crippen molar-refractivity contribution in [2.45, 2.75) is 17.4 Å². The molecule has 176 valence electrons. The number of carbonyl (C=O) groups is 2. The second kappa shape index (κ2) is 10.2. The fraction of sp³-hybridized carbons (Fsp3) is 0.304. The monoisotopic (exact) mass is 536 g/mol. The van der Waals surface area contributed by atoms with Crippen molar-refractivity contribution in [2.75, 3.05) is 34.4 Å². The molecule has 1 fully saturated rings. The molecule has 1 heterocycles. The van der Waals surface area contributed by atoms with Crippen LogP contribution in [0.4, 0.5) is 0 Å². The van der Waals surface area contributed by atoms with E-state index >= 15 is 0 Å². The van der Waals surface area contributed by atoms with Gasteiger partial charge in [0, 0.05) is 44.4 Å². The molecular formula is C23H25BrN2O6S. The summed E-state index contributed by atoms with van der Waals surface area (Å²) in [5, 5.41) is 11.1. The third kappa shape index (κ3) is 5.03. The van der Waals surface area contributed by atoms with Crippen molar-refractivity contribution in [2.24, 2.45) is 0 Å². The van der Waals surface area contributed by atoms with E-state index in [1.54, 1.807) is 25.3 Å². The van der Waals surface area contributed by atoms with Crippen molar-refractivity contribution in [3.63, 3.8) is 0 Å². The summed E-state index contributed by atoms with van der Waals surface area (Å²) in [6, 6.07) is 11.9. The molecule has 0 radical (unpaired) electrons. The van der Waals surface area contributed by atoms with Crippen molar-refractivity contribution >= 4 is 43.4 Å². The number of sulfonamides is 1. The fourth-order valence-corrected chi connectivity index (χ4v) is 4.98. The second-order valence-corrected chi connectivity index (χ2v) is 10.8. The number of halogens is 1. The van der Waals surface area contributed by atoms with E-state index < -0.39 is 27.8 Å². The first-order chi connectivity index (χ1) is 15.6. The number of ketones is 1. The largest absolute Gasteiger partial charge is 0.507 e. The maximum atomic E-state index is 13.0. The number of ether oxygens (including phenoxy) is 1. The Morgan fingerprint density at radius 1 is 1.15 bits per heavy atom. The van der Waals surface area contributed by atoms with E-state index in [2.05, 4.69) is 15.9 Å². The van der Waals surface area contributed by atoms with Crippen LogP contribution in [0.1, 0.15) is 23.6 Å². The third-order valence-corrected chi connectivity index (χ3v) is 7.68. The molecule has 1 N–H and O–H groups in total. The minimum absolute atomic E-state index is 0.0428. The topological polar surface area (TPSA) is 104 Å². The summed E-state index contributed by atoms with van der Waals surface area (Å²) in [6.07, 6.45) is 0.519. The van der Waals surface area contributed by atoms with E-state index in [0.717, 1.165) is 8.78 Å². The maximum Gasteiger partial charge on any atom is 0.295 e. The number of Topliss-reactive ketones (excluding diaryl/α,β-unsaturated/α-hetero) is 1. The highest BCUT2D eigenvalue weighted by atomic mass is 79.9. The van der Waals surface area contributed by atoms with E-state index in [1.165, 1.54) is 43.3 Å². The van der Waals surface area contributed by atoms with E-state index in [1.807, 2.05) is 6.07 Å². The van der Waals surface area contributed by atoms with Gasteiger partial charge in [0.2, 0.25) is 10.0 Å². The quantitative estimate of drug-likeness (QED) is 0.240. The lowest BCUT2D eigenvalue weighted by Gasteiger charge is -2.25. The maximum absolute atomic E-state index is 13.0. The molecular weight excluding hydrogens is 512 g/mol. The lowest BCUT2D eigenvalue weighted by molar-refractivity contribution is -0.140. The van der Waals surface area contributed by atoms with Crippen molar-refractivity contribution in [3.8, 4) is 0 Å². The summed E-state index contributed by atoms with van der Waals surface area (Å²) in [6.45, 7) is 0.683. The molecule has 1 aliphatic rings. The van der Waals surface area contributed by atoms with Gasteiger partial charge < -0.3 is 14.7 Å². The highest BCUT2D eigenvalue weighted by molar-refractivity contribution is 9.10. The Hall–Kier alpha value is -2.53. The number of carbonyl (C=O) groups excluding carboxylic acids is 2. The van der Waals surface area contributed by atoms with Crippen LogP contribution < -0.4 is 0 Å². The highest BCUT2D eigenvalue weighted by Gasteiger charge is 2.45. The Morgan fingerprint density at radius 2 is 1.82 bits per heavy atom. The number of amides is 1. The van der Waals surface area contributed by atoms with Crippen LogP contribution in [0.25, 0.3) is 5.76 Å². The van der Waals surface area contributed by atoms with Crippen LogP contribution in [-0.4, -0.2) is 68.8 Å². The first-order valence-corrected chi connectivity index (χ1v) is 12.4. The van der Waals surface area contributed by atoms with Gasteiger partial charge in [-0.3, -0.25) is 9.59 Å². The SMILES string of the molecule is COCCCN1C(=O)C(=O)/C(=C(\O)c2ccc(S(=O)(=O)N(C)C)cc2)C1c1cccc(Br)c1. The van der Waals surface area contributed by atoms with Crippen LogP contribution in [0.15, 0.2) is 63.5 Å². The van der Waals surface area contributed by atoms with Gasteiger partial charge in [-0.25, -0.2) is 12.7 Å². The predicted octanol–water partition coefficient (Wildman–Crippen LogP) is 3.16. The lowest BCUT2D eigenvalue weighted by atomic mass is 9.95. The Kier molecular flexibility index (Phi) is 7.73. The molecule has 0 bridgehead atoms. The minimum Gasteiger partial charge on any atom is -0.507 e. The molecule has 2 aromatic carbocycles. The molecule has 33 heavy (non-hydrogen) atoms. The van der Waals surface area contributed by atoms with Gasteiger partial charge >= 0.3 is 0 Å². The number of benzene rings is 2. The molecule has 1 atom stereocenters. The standard InChI is InChI=1S/C23H25BrN2O6S/c1-25(2)33(30,31)18-10-8-15(9-11-18)21(27)19-20(16-6-4-7-17(24)14-16)26(12-5-13-32-3)23(29)22(19)28/h4,6-11,14,20,27H,5,12-13H2,1-3H3/b21-19-. The Balaban J connectivity index is 2.10. The Bertz CT molecular complexity index is 1190. The average molecular weight is 537 g/mol. The molecule has 0 aromatic heterocycles. The van der Waals surface area contributed by atoms with Gasteiger partial charge in [0.25, 0.3) is 11.7 Å². The van der Waals surface area contributed by atoms with Gasteiger partial charge in [-0.1, -0.05) is 28.1 Å². The van der Waals surface area contributed by atoms with Crippen LogP contribution in [0, 0.1) is 0 Å². The fourth-order valence-electron chi connectivity index (χ4n) is 3.66. The first-order valence-electron chi connectivity index (χ1n) is 10.2. The summed E-state index contributed by atoms with van der Waals surface area (Å²) in [4.78, 5) is 27.3. The van der Waals surface area contributed by atoms with Gasteiger partial charge in [-0.15, -0.1) is 0 Å². The molecule has 3 rings (SSSR count). The van der Waals surface area contributed by atoms with Gasteiger partial charge in [-0.05, 0) is 48.4 Å². The van der Waals surface area contributed by atoms with Crippen LogP contribution in [0.3, 0.4) is 0 Å². The third-order valence-electron chi connectivity index (χ3n) is 5.36. The highest BCUT2D eigenvalue weighted by Crippen LogP contribution is 2.40. The smallest absolute Gasteiger partial charge is 0.295 e. The molecule has 0 spiro atoms. The minimum atomic E-state index is -3.65. The molecule has 1 unspecified atom stereocenters. The van der Waals surface area contributed by atoms with Crippen LogP contribution in [-0.2, 0) is 24.3 Å². The van der Waals surface area contributed by atoms with Gasteiger partial charge in [0.05, 0.1) is 16.5 Å². The molecule has 1 saturated heterocycles. The van der Waals surface area contributed by atoms with Gasteiger partial charge in [-0.2, -0.15) is 0 Å². The van der Waals surface area contributed by atoms with E-state index in [4.69, 9.17) is 4.74 Å². The zero-order valence-corrected chi connectivity index (χ0v) is 20.9. The van der Waals surface area contributed by atoms with Crippen molar-refractivity contribution in [3.05, 3.63) is 69.7 Å². The summed E-state index contributed by atoms with van der Waals surface area (Å²) >= 11 is 3.42. The van der Waals surface area contributed by atoms with Crippen LogP contribution in [0.2, 0.25) is 0 Å². The zero-order chi connectivity index (χ0) is 24.3. The molecule has 2 aromatic rings. The first kappa shape index (κ1) is 25.1. The summed E-state index contributed by atoms with van der Waals surface area (Å²) in [7, 11) is 0.753. The molecule has 1 amide bonds.